The van der Waals surface area contributed by atoms with Crippen molar-refractivity contribution in [3.8, 4) is 0 Å². The van der Waals surface area contributed by atoms with Crippen LogP contribution in [0.4, 0.5) is 30.4 Å². The highest BCUT2D eigenvalue weighted by molar-refractivity contribution is 14.1. The second kappa shape index (κ2) is 8.34. The number of nitrogens with one attached hydrogen (secondary N) is 1. The minimum absolute atomic E-state index is 0.132. The number of aromatic nitrogens is 1. The van der Waals surface area contributed by atoms with Gasteiger partial charge < -0.3 is 10.2 Å². The molecule has 0 unspecified atom stereocenters. The number of halogens is 4. The molecule has 1 aromatic heterocycles. The fourth-order valence-electron chi connectivity index (χ4n) is 3.12. The molecule has 1 fully saturated rings. The zero-order chi connectivity index (χ0) is 20.3. The summed E-state index contributed by atoms with van der Waals surface area (Å²) < 4.78 is 40.4. The van der Waals surface area contributed by atoms with Gasteiger partial charge in [0, 0.05) is 34.5 Å². The lowest BCUT2D eigenvalue weighted by atomic mass is 9.95. The van der Waals surface area contributed by atoms with Gasteiger partial charge in [-0.1, -0.05) is 6.07 Å². The Bertz CT molecular complexity index is 901. The van der Waals surface area contributed by atoms with Crippen LogP contribution in [-0.2, 0) is 11.0 Å². The molecular formula is C19H16F3IN4O. The number of carbonyl (C=O) groups excluding carboxylic acids is 1. The second-order valence-electron chi connectivity index (χ2n) is 6.42. The second-order valence-corrected chi connectivity index (χ2v) is 7.67. The molecule has 1 aliphatic rings. The lowest BCUT2D eigenvalue weighted by molar-refractivity contribution is -0.136. The van der Waals surface area contributed by atoms with Gasteiger partial charge >= 0.3 is 6.18 Å². The van der Waals surface area contributed by atoms with Gasteiger partial charge in [-0.2, -0.15) is 13.2 Å². The fraction of sp³-hybridized carbons (Fsp3) is 0.316. The van der Waals surface area contributed by atoms with E-state index in [1.807, 2.05) is 11.0 Å². The maximum absolute atomic E-state index is 13.2. The maximum Gasteiger partial charge on any atom is 0.407 e. The Morgan fingerprint density at radius 2 is 1.96 bits per heavy atom. The van der Waals surface area contributed by atoms with Crippen LogP contribution in [0.25, 0.3) is 4.85 Å². The van der Waals surface area contributed by atoms with E-state index in [-0.39, 0.29) is 11.8 Å². The van der Waals surface area contributed by atoms with Gasteiger partial charge in [0.05, 0.1) is 12.1 Å². The molecule has 9 heteroatoms. The van der Waals surface area contributed by atoms with E-state index in [1.54, 1.807) is 12.3 Å². The molecule has 2 heterocycles. The van der Waals surface area contributed by atoms with Gasteiger partial charge in [-0.25, -0.2) is 9.83 Å². The molecule has 0 spiro atoms. The number of carbonyl (C=O) groups is 1. The highest BCUT2D eigenvalue weighted by Crippen LogP contribution is 2.39. The van der Waals surface area contributed by atoms with Crippen LogP contribution in [0.2, 0.25) is 0 Å². The monoisotopic (exact) mass is 500 g/mol. The van der Waals surface area contributed by atoms with Crippen LogP contribution >= 0.6 is 22.6 Å². The van der Waals surface area contributed by atoms with Gasteiger partial charge in [-0.3, -0.25) is 4.79 Å². The predicted octanol–water partition coefficient (Wildman–Crippen LogP) is 5.11. The Morgan fingerprint density at radius 3 is 2.54 bits per heavy atom. The number of hydrogen-bond donors (Lipinski definition) is 1. The topological polar surface area (TPSA) is 49.6 Å². The van der Waals surface area contributed by atoms with Gasteiger partial charge in [-0.15, -0.1) is 0 Å². The van der Waals surface area contributed by atoms with Crippen molar-refractivity contribution in [2.24, 2.45) is 5.92 Å². The fourth-order valence-corrected chi connectivity index (χ4v) is 3.44. The third kappa shape index (κ3) is 4.73. The van der Waals surface area contributed by atoms with Crippen LogP contribution in [0.15, 0.2) is 36.5 Å². The molecule has 1 saturated heterocycles. The summed E-state index contributed by atoms with van der Waals surface area (Å²) >= 11 is 2.13. The summed E-state index contributed by atoms with van der Waals surface area (Å²) in [5.74, 6) is 0.131. The molecule has 0 radical (unpaired) electrons. The summed E-state index contributed by atoms with van der Waals surface area (Å²) in [6.07, 6.45) is -1.86. The lowest BCUT2D eigenvalue weighted by Crippen LogP contribution is -2.38. The first-order valence-electron chi connectivity index (χ1n) is 8.54. The summed E-state index contributed by atoms with van der Waals surface area (Å²) in [5.41, 5.74) is -0.918. The van der Waals surface area contributed by atoms with Crippen molar-refractivity contribution in [2.45, 2.75) is 19.0 Å². The molecule has 0 atom stereocenters. The van der Waals surface area contributed by atoms with Crippen molar-refractivity contribution in [1.82, 2.24) is 4.98 Å². The number of anilines is 2. The molecule has 2 aromatic rings. The molecule has 146 valence electrons. The van der Waals surface area contributed by atoms with E-state index in [1.165, 1.54) is 12.1 Å². The van der Waals surface area contributed by atoms with Gasteiger partial charge in [0.1, 0.15) is 5.82 Å². The average Bonchev–Trinajstić information content (AvgIpc) is 2.68. The summed E-state index contributed by atoms with van der Waals surface area (Å²) in [6, 6.07) is 7.32. The largest absolute Gasteiger partial charge is 0.407 e. The van der Waals surface area contributed by atoms with Crippen LogP contribution in [0.1, 0.15) is 18.4 Å². The molecule has 1 N–H and O–H groups in total. The molecule has 5 nitrogen and oxygen atoms in total. The van der Waals surface area contributed by atoms with E-state index >= 15 is 0 Å². The highest BCUT2D eigenvalue weighted by atomic mass is 127. The van der Waals surface area contributed by atoms with Gasteiger partial charge in [0.2, 0.25) is 5.91 Å². The average molecular weight is 500 g/mol. The standard InChI is InChI=1S/C19H16F3IN4O/c1-24-16-4-3-14(10-15(16)19(20,21)22)27-8-6-12(7-9-27)18(28)26-17-5-2-13(23)11-25-17/h2-5,10-12H,6-9H2,(H,25,26,28). The zero-order valence-corrected chi connectivity index (χ0v) is 16.8. The van der Waals surface area contributed by atoms with Crippen molar-refractivity contribution in [3.63, 3.8) is 0 Å². The number of nitrogens with zero attached hydrogens (tertiary/aromatic N) is 3. The highest BCUT2D eigenvalue weighted by Gasteiger charge is 2.34. The SMILES string of the molecule is [C-]#[N+]c1ccc(N2CCC(C(=O)Nc3ccc(I)cn3)CC2)cc1C(F)(F)F. The molecule has 3 rings (SSSR count). The summed E-state index contributed by atoms with van der Waals surface area (Å²) in [5, 5.41) is 2.78. The molecule has 0 saturated carbocycles. The number of hydrogen-bond acceptors (Lipinski definition) is 3. The number of alkyl halides is 3. The van der Waals surface area contributed by atoms with E-state index in [0.29, 0.717) is 37.4 Å². The van der Waals surface area contributed by atoms with E-state index in [0.717, 1.165) is 9.64 Å². The summed E-state index contributed by atoms with van der Waals surface area (Å²) in [7, 11) is 0. The maximum atomic E-state index is 13.2. The molecular weight excluding hydrogens is 484 g/mol. The zero-order valence-electron chi connectivity index (χ0n) is 14.6. The lowest BCUT2D eigenvalue weighted by Gasteiger charge is -2.33. The van der Waals surface area contributed by atoms with Crippen LogP contribution in [0.5, 0.6) is 0 Å². The number of amides is 1. The van der Waals surface area contributed by atoms with Crippen molar-refractivity contribution >= 4 is 45.7 Å². The number of pyridine rings is 1. The molecule has 0 aliphatic carbocycles. The number of benzene rings is 1. The third-order valence-corrected chi connectivity index (χ3v) is 5.25. The Labute approximate surface area is 173 Å². The minimum atomic E-state index is -4.57. The number of piperidine rings is 1. The Hall–Kier alpha value is -2.35. The molecule has 0 bridgehead atoms. The van der Waals surface area contributed by atoms with Crippen LogP contribution in [-0.4, -0.2) is 24.0 Å². The summed E-state index contributed by atoms with van der Waals surface area (Å²) in [6.45, 7) is 7.85. The Morgan fingerprint density at radius 1 is 1.25 bits per heavy atom. The van der Waals surface area contributed by atoms with Crippen LogP contribution in [0.3, 0.4) is 0 Å². The first-order valence-corrected chi connectivity index (χ1v) is 9.62. The van der Waals surface area contributed by atoms with Gasteiger partial charge in [0.25, 0.3) is 0 Å². The third-order valence-electron chi connectivity index (χ3n) is 4.62. The van der Waals surface area contributed by atoms with Crippen molar-refractivity contribution in [2.75, 3.05) is 23.3 Å². The molecule has 1 amide bonds. The Kier molecular flexibility index (Phi) is 6.07. The van der Waals surface area contributed by atoms with Crippen molar-refractivity contribution in [3.05, 3.63) is 57.1 Å². The van der Waals surface area contributed by atoms with Crippen molar-refractivity contribution in [1.29, 1.82) is 0 Å². The van der Waals surface area contributed by atoms with Crippen molar-refractivity contribution < 1.29 is 18.0 Å². The van der Waals surface area contributed by atoms with E-state index in [2.05, 4.69) is 37.7 Å². The van der Waals surface area contributed by atoms with Crippen LogP contribution < -0.4 is 10.2 Å². The normalized spacial score (nSPS) is 15.2. The molecule has 1 aliphatic heterocycles. The van der Waals surface area contributed by atoms with E-state index < -0.39 is 17.4 Å². The minimum Gasteiger partial charge on any atom is -0.372 e. The first kappa shape index (κ1) is 20.4. The van der Waals surface area contributed by atoms with Gasteiger partial charge in [0.15, 0.2) is 5.69 Å². The first-order chi connectivity index (χ1) is 13.3. The van der Waals surface area contributed by atoms with E-state index in [9.17, 15) is 18.0 Å². The summed E-state index contributed by atoms with van der Waals surface area (Å²) in [4.78, 5) is 21.3. The smallest absolute Gasteiger partial charge is 0.372 e. The Balaban J connectivity index is 1.64. The number of rotatable bonds is 3. The van der Waals surface area contributed by atoms with E-state index in [4.69, 9.17) is 6.57 Å². The van der Waals surface area contributed by atoms with Crippen LogP contribution in [0, 0.1) is 16.1 Å². The predicted molar refractivity (Wildman–Crippen MR) is 108 cm³/mol. The quantitative estimate of drug-likeness (QED) is 0.471. The van der Waals surface area contributed by atoms with Gasteiger partial charge in [-0.05, 0) is 59.7 Å². The molecule has 1 aromatic carbocycles. The molecule has 28 heavy (non-hydrogen) atoms.